The highest BCUT2D eigenvalue weighted by atomic mass is 14.9. The molecule has 1 aliphatic carbocycles. The Morgan fingerprint density at radius 1 is 1.38 bits per heavy atom. The van der Waals surface area contributed by atoms with Gasteiger partial charge in [-0.3, -0.25) is 0 Å². The number of hydrogen-bond acceptors (Lipinski definition) is 2. The summed E-state index contributed by atoms with van der Waals surface area (Å²) >= 11 is 0. The first-order chi connectivity index (χ1) is 7.67. The molecular formula is C14H26N2. The summed E-state index contributed by atoms with van der Waals surface area (Å²) in [6.45, 7) is 6.83. The van der Waals surface area contributed by atoms with Crippen LogP contribution < -0.4 is 5.32 Å². The van der Waals surface area contributed by atoms with Crippen LogP contribution in [0.25, 0.3) is 0 Å². The average Bonchev–Trinajstić information content (AvgIpc) is 2.29. The van der Waals surface area contributed by atoms with Gasteiger partial charge < -0.3 is 5.32 Å². The van der Waals surface area contributed by atoms with Crippen molar-refractivity contribution < 1.29 is 0 Å². The Kier molecular flexibility index (Phi) is 5.84. The summed E-state index contributed by atoms with van der Waals surface area (Å²) in [4.78, 5) is 0. The smallest absolute Gasteiger partial charge is 0.0638 e. The van der Waals surface area contributed by atoms with E-state index in [9.17, 15) is 0 Å². The van der Waals surface area contributed by atoms with E-state index in [2.05, 4.69) is 32.2 Å². The SMILES string of the molecule is CCC(CC#N)NC1CCCC(C(C)C)C1. The number of rotatable bonds is 5. The molecule has 0 bridgehead atoms. The van der Waals surface area contributed by atoms with E-state index in [1.54, 1.807) is 0 Å². The van der Waals surface area contributed by atoms with Gasteiger partial charge in [-0.25, -0.2) is 0 Å². The molecule has 0 saturated heterocycles. The molecule has 3 unspecified atom stereocenters. The lowest BCUT2D eigenvalue weighted by molar-refractivity contribution is 0.219. The molecule has 0 aromatic rings. The maximum Gasteiger partial charge on any atom is 0.0638 e. The fourth-order valence-electron chi connectivity index (χ4n) is 2.75. The zero-order valence-electron chi connectivity index (χ0n) is 11.0. The number of nitriles is 1. The lowest BCUT2D eigenvalue weighted by Crippen LogP contribution is -2.41. The zero-order chi connectivity index (χ0) is 12.0. The first-order valence-electron chi connectivity index (χ1n) is 6.80. The molecule has 0 heterocycles. The van der Waals surface area contributed by atoms with E-state index in [4.69, 9.17) is 5.26 Å². The molecule has 92 valence electrons. The van der Waals surface area contributed by atoms with Gasteiger partial charge in [0, 0.05) is 12.1 Å². The van der Waals surface area contributed by atoms with Crippen LogP contribution in [0.1, 0.15) is 59.3 Å². The second kappa shape index (κ2) is 6.91. The predicted octanol–water partition coefficient (Wildman–Crippen LogP) is 3.48. The van der Waals surface area contributed by atoms with Crippen LogP contribution in [0.15, 0.2) is 0 Å². The third-order valence-corrected chi connectivity index (χ3v) is 3.96. The molecule has 2 heteroatoms. The van der Waals surface area contributed by atoms with Gasteiger partial charge in [0.2, 0.25) is 0 Å². The van der Waals surface area contributed by atoms with Crippen LogP contribution in [0.3, 0.4) is 0 Å². The molecule has 1 saturated carbocycles. The van der Waals surface area contributed by atoms with E-state index in [1.807, 2.05) is 0 Å². The molecule has 1 fully saturated rings. The molecule has 2 nitrogen and oxygen atoms in total. The van der Waals surface area contributed by atoms with E-state index < -0.39 is 0 Å². The molecule has 0 aliphatic heterocycles. The molecule has 1 rings (SSSR count). The van der Waals surface area contributed by atoms with E-state index in [-0.39, 0.29) is 0 Å². The Morgan fingerprint density at radius 2 is 2.12 bits per heavy atom. The molecule has 1 aliphatic rings. The monoisotopic (exact) mass is 222 g/mol. The first kappa shape index (κ1) is 13.5. The normalized spacial score (nSPS) is 27.7. The van der Waals surface area contributed by atoms with Crippen LogP contribution >= 0.6 is 0 Å². The Morgan fingerprint density at radius 3 is 2.69 bits per heavy atom. The lowest BCUT2D eigenvalue weighted by atomic mass is 9.79. The Hall–Kier alpha value is -0.550. The molecule has 0 amide bonds. The van der Waals surface area contributed by atoms with Crippen molar-refractivity contribution in [1.82, 2.24) is 5.32 Å². The summed E-state index contributed by atoms with van der Waals surface area (Å²) in [5.74, 6) is 1.69. The summed E-state index contributed by atoms with van der Waals surface area (Å²) in [6.07, 6.45) is 7.06. The van der Waals surface area contributed by atoms with Gasteiger partial charge >= 0.3 is 0 Å². The van der Waals surface area contributed by atoms with Crippen molar-refractivity contribution >= 4 is 0 Å². The number of nitrogens with zero attached hydrogens (tertiary/aromatic N) is 1. The van der Waals surface area contributed by atoms with Gasteiger partial charge in [-0.1, -0.05) is 33.6 Å². The van der Waals surface area contributed by atoms with E-state index in [0.717, 1.165) is 18.3 Å². The van der Waals surface area contributed by atoms with Crippen molar-refractivity contribution in [1.29, 1.82) is 5.26 Å². The molecule has 0 aromatic carbocycles. The number of nitrogens with one attached hydrogen (secondary N) is 1. The fraction of sp³-hybridized carbons (Fsp3) is 0.929. The standard InChI is InChI=1S/C14H26N2/c1-4-13(8-9-15)16-14-7-5-6-12(10-14)11(2)3/h11-14,16H,4-8,10H2,1-3H3. The number of hydrogen-bond donors (Lipinski definition) is 1. The highest BCUT2D eigenvalue weighted by molar-refractivity contribution is 4.86. The van der Waals surface area contributed by atoms with Crippen LogP contribution in [-0.4, -0.2) is 12.1 Å². The molecule has 0 aromatic heterocycles. The van der Waals surface area contributed by atoms with Crippen LogP contribution in [0.5, 0.6) is 0 Å². The topological polar surface area (TPSA) is 35.8 Å². The predicted molar refractivity (Wildman–Crippen MR) is 68.0 cm³/mol. The van der Waals surface area contributed by atoms with Crippen LogP contribution in [-0.2, 0) is 0 Å². The molecule has 1 N–H and O–H groups in total. The van der Waals surface area contributed by atoms with Gasteiger partial charge in [0.05, 0.1) is 12.5 Å². The summed E-state index contributed by atoms with van der Waals surface area (Å²) in [5, 5.41) is 12.4. The highest BCUT2D eigenvalue weighted by Crippen LogP contribution is 2.30. The van der Waals surface area contributed by atoms with Gasteiger partial charge in [-0.15, -0.1) is 0 Å². The van der Waals surface area contributed by atoms with Gasteiger partial charge in [-0.2, -0.15) is 5.26 Å². The largest absolute Gasteiger partial charge is 0.310 e. The van der Waals surface area contributed by atoms with Gasteiger partial charge in [0.15, 0.2) is 0 Å². The Bertz CT molecular complexity index is 229. The van der Waals surface area contributed by atoms with Crippen molar-refractivity contribution in [2.75, 3.05) is 0 Å². The minimum absolute atomic E-state index is 0.404. The average molecular weight is 222 g/mol. The third kappa shape index (κ3) is 4.14. The summed E-state index contributed by atoms with van der Waals surface area (Å²) in [7, 11) is 0. The first-order valence-corrected chi connectivity index (χ1v) is 6.80. The lowest BCUT2D eigenvalue weighted by Gasteiger charge is -2.34. The third-order valence-electron chi connectivity index (χ3n) is 3.96. The van der Waals surface area contributed by atoms with E-state index >= 15 is 0 Å². The van der Waals surface area contributed by atoms with Crippen LogP contribution in [0.4, 0.5) is 0 Å². The quantitative estimate of drug-likeness (QED) is 0.773. The van der Waals surface area contributed by atoms with E-state index in [0.29, 0.717) is 18.5 Å². The van der Waals surface area contributed by atoms with Crippen molar-refractivity contribution in [3.05, 3.63) is 0 Å². The summed E-state index contributed by atoms with van der Waals surface area (Å²) in [6, 6.07) is 3.34. The van der Waals surface area contributed by atoms with Gasteiger partial charge in [0.25, 0.3) is 0 Å². The van der Waals surface area contributed by atoms with Crippen LogP contribution in [0, 0.1) is 23.2 Å². The van der Waals surface area contributed by atoms with E-state index in [1.165, 1.54) is 25.7 Å². The molecule has 0 radical (unpaired) electrons. The van der Waals surface area contributed by atoms with Crippen molar-refractivity contribution in [2.24, 2.45) is 11.8 Å². The molecule has 3 atom stereocenters. The minimum atomic E-state index is 0.404. The zero-order valence-corrected chi connectivity index (χ0v) is 11.0. The van der Waals surface area contributed by atoms with Crippen molar-refractivity contribution in [2.45, 2.75) is 71.4 Å². The Balaban J connectivity index is 2.39. The highest BCUT2D eigenvalue weighted by Gasteiger charge is 2.25. The van der Waals surface area contributed by atoms with Crippen molar-refractivity contribution in [3.63, 3.8) is 0 Å². The van der Waals surface area contributed by atoms with Gasteiger partial charge in [0.1, 0.15) is 0 Å². The maximum atomic E-state index is 8.75. The molecule has 0 spiro atoms. The minimum Gasteiger partial charge on any atom is -0.310 e. The van der Waals surface area contributed by atoms with Crippen LogP contribution in [0.2, 0.25) is 0 Å². The van der Waals surface area contributed by atoms with Gasteiger partial charge in [-0.05, 0) is 31.1 Å². The fourth-order valence-corrected chi connectivity index (χ4v) is 2.75. The second-order valence-electron chi connectivity index (χ2n) is 5.50. The molecular weight excluding hydrogens is 196 g/mol. The summed E-state index contributed by atoms with van der Waals surface area (Å²) in [5.41, 5.74) is 0. The second-order valence-corrected chi connectivity index (χ2v) is 5.50. The summed E-state index contributed by atoms with van der Waals surface area (Å²) < 4.78 is 0. The molecule has 16 heavy (non-hydrogen) atoms. The maximum absolute atomic E-state index is 8.75. The Labute approximate surface area is 100 Å². The van der Waals surface area contributed by atoms with Crippen molar-refractivity contribution in [3.8, 4) is 6.07 Å².